The summed E-state index contributed by atoms with van der Waals surface area (Å²) in [7, 11) is 0. The van der Waals surface area contributed by atoms with Gasteiger partial charge < -0.3 is 12.6 Å². The second-order valence-electron chi connectivity index (χ2n) is 3.50. The molecule has 0 atom stereocenters. The van der Waals surface area contributed by atoms with Gasteiger partial charge in [-0.2, -0.15) is 5.10 Å². The first-order chi connectivity index (χ1) is 8.27. The van der Waals surface area contributed by atoms with E-state index in [1.54, 1.807) is 0 Å². The first-order valence-corrected chi connectivity index (χ1v) is 5.37. The molecule has 0 fully saturated rings. The normalized spacial score (nSPS) is 10.8. The summed E-state index contributed by atoms with van der Waals surface area (Å²) in [5, 5.41) is 7.08. The van der Waals surface area contributed by atoms with Crippen LogP contribution in [0.1, 0.15) is 0 Å². The average molecular weight is 243 g/mol. The van der Waals surface area contributed by atoms with Gasteiger partial charge in [-0.25, -0.2) is 4.98 Å². The van der Waals surface area contributed by atoms with E-state index in [0.29, 0.717) is 16.7 Å². The first-order valence-electron chi connectivity index (χ1n) is 4.96. The number of aromatic amines is 1. The van der Waals surface area contributed by atoms with Crippen molar-refractivity contribution >= 4 is 23.7 Å². The molecule has 0 bridgehead atoms. The molecule has 5 nitrogen and oxygen atoms in total. The zero-order chi connectivity index (χ0) is 11.8. The highest BCUT2D eigenvalue weighted by atomic mass is 32.1. The Morgan fingerprint density at radius 2 is 2.00 bits per heavy atom. The van der Waals surface area contributed by atoms with Crippen LogP contribution in [0.4, 0.5) is 0 Å². The van der Waals surface area contributed by atoms with E-state index < -0.39 is 0 Å². The molecule has 1 N–H and O–H groups in total. The minimum absolute atomic E-state index is 0.208. The maximum Gasteiger partial charge on any atom is 0.267 e. The van der Waals surface area contributed by atoms with E-state index in [2.05, 4.69) is 15.2 Å². The van der Waals surface area contributed by atoms with Gasteiger partial charge in [0, 0.05) is 5.69 Å². The number of benzene rings is 1. The topological polar surface area (TPSA) is 63.6 Å². The standard InChI is InChI=1S/C11H8N4OS/c16-10-8-6-12-14-9(8)13-11(17)15(10)7-4-2-1-3-5-7/h1-6H,(H2,12,13,14,17)/p-1. The Balaban J connectivity index is 2.40. The number of nitrogens with zero attached hydrogens (tertiary/aromatic N) is 3. The largest absolute Gasteiger partial charge is 0.742 e. The summed E-state index contributed by atoms with van der Waals surface area (Å²) in [6.07, 6.45) is 1.46. The highest BCUT2D eigenvalue weighted by molar-refractivity contribution is 7.58. The molecule has 3 aromatic rings. The lowest BCUT2D eigenvalue weighted by Gasteiger charge is -2.15. The summed E-state index contributed by atoms with van der Waals surface area (Å²) in [4.78, 5) is 16.3. The predicted octanol–water partition coefficient (Wildman–Crippen LogP) is 1.01. The van der Waals surface area contributed by atoms with Crippen molar-refractivity contribution in [1.29, 1.82) is 0 Å². The predicted molar refractivity (Wildman–Crippen MR) is 65.1 cm³/mol. The Morgan fingerprint density at radius 1 is 1.24 bits per heavy atom. The molecule has 3 rings (SSSR count). The minimum Gasteiger partial charge on any atom is -0.742 e. The summed E-state index contributed by atoms with van der Waals surface area (Å²) in [6, 6.07) is 9.18. The first kappa shape index (κ1) is 9.98. The van der Waals surface area contributed by atoms with Gasteiger partial charge in [-0.05, 0) is 17.3 Å². The van der Waals surface area contributed by atoms with Crippen molar-refractivity contribution in [3.63, 3.8) is 0 Å². The Bertz CT molecular complexity index is 732. The van der Waals surface area contributed by atoms with Crippen LogP contribution < -0.4 is 5.56 Å². The smallest absolute Gasteiger partial charge is 0.267 e. The molecule has 0 spiro atoms. The lowest BCUT2D eigenvalue weighted by atomic mass is 10.3. The second kappa shape index (κ2) is 3.67. The summed E-state index contributed by atoms with van der Waals surface area (Å²) in [6.45, 7) is 0. The molecule has 0 saturated carbocycles. The second-order valence-corrected chi connectivity index (χ2v) is 3.87. The third kappa shape index (κ3) is 1.50. The van der Waals surface area contributed by atoms with Crippen LogP contribution in [0.25, 0.3) is 16.7 Å². The Morgan fingerprint density at radius 3 is 2.76 bits per heavy atom. The molecule has 0 radical (unpaired) electrons. The van der Waals surface area contributed by atoms with E-state index in [9.17, 15) is 4.79 Å². The molecule has 0 aliphatic heterocycles. The fourth-order valence-electron chi connectivity index (χ4n) is 1.68. The number of aromatic nitrogens is 4. The minimum atomic E-state index is -0.208. The molecule has 17 heavy (non-hydrogen) atoms. The quantitative estimate of drug-likeness (QED) is 0.512. The van der Waals surface area contributed by atoms with Crippen LogP contribution in [-0.4, -0.2) is 19.7 Å². The number of rotatable bonds is 1. The van der Waals surface area contributed by atoms with Crippen LogP contribution in [0, 0.1) is 0 Å². The van der Waals surface area contributed by atoms with E-state index in [0.717, 1.165) is 0 Å². The van der Waals surface area contributed by atoms with Gasteiger partial charge >= 0.3 is 0 Å². The van der Waals surface area contributed by atoms with Gasteiger partial charge in [0.25, 0.3) is 5.56 Å². The highest BCUT2D eigenvalue weighted by Gasteiger charge is 2.07. The van der Waals surface area contributed by atoms with Gasteiger partial charge in [0.05, 0.1) is 6.20 Å². The van der Waals surface area contributed by atoms with Gasteiger partial charge in [-0.1, -0.05) is 18.2 Å². The average Bonchev–Trinajstić information content (AvgIpc) is 2.78. The van der Waals surface area contributed by atoms with Gasteiger partial charge in [-0.3, -0.25) is 14.5 Å². The fraction of sp³-hybridized carbons (Fsp3) is 0. The van der Waals surface area contributed by atoms with Crippen LogP contribution in [0.15, 0.2) is 46.5 Å². The third-order valence-corrected chi connectivity index (χ3v) is 2.74. The number of para-hydroxylation sites is 1. The molecule has 2 aromatic heterocycles. The van der Waals surface area contributed by atoms with E-state index in [1.165, 1.54) is 10.8 Å². The Kier molecular flexibility index (Phi) is 2.15. The number of hydrogen-bond donors (Lipinski definition) is 1. The van der Waals surface area contributed by atoms with Crippen molar-refractivity contribution in [2.75, 3.05) is 0 Å². The molecule has 0 unspecified atom stereocenters. The molecular weight excluding hydrogens is 236 g/mol. The highest BCUT2D eigenvalue weighted by Crippen LogP contribution is 2.10. The molecule has 6 heteroatoms. The lowest BCUT2D eigenvalue weighted by Crippen LogP contribution is -2.21. The zero-order valence-electron chi connectivity index (χ0n) is 8.62. The van der Waals surface area contributed by atoms with Gasteiger partial charge in [-0.15, -0.1) is 0 Å². The lowest BCUT2D eigenvalue weighted by molar-refractivity contribution is 0.819. The molecule has 0 saturated heterocycles. The van der Waals surface area contributed by atoms with Crippen LogP contribution in [-0.2, 0) is 12.6 Å². The maximum absolute atomic E-state index is 12.2. The van der Waals surface area contributed by atoms with Crippen molar-refractivity contribution in [3.8, 4) is 5.69 Å². The van der Waals surface area contributed by atoms with Gasteiger partial charge in [0.1, 0.15) is 5.39 Å². The summed E-state index contributed by atoms with van der Waals surface area (Å²) in [5.74, 6) is 0. The Labute approximate surface area is 102 Å². The number of fused-ring (bicyclic) bond motifs is 1. The summed E-state index contributed by atoms with van der Waals surface area (Å²) >= 11 is 5.12. The van der Waals surface area contributed by atoms with E-state index in [1.807, 2.05) is 30.3 Å². The number of nitrogens with one attached hydrogen (secondary N) is 1. The summed E-state index contributed by atoms with van der Waals surface area (Å²) < 4.78 is 1.40. The monoisotopic (exact) mass is 243 g/mol. The van der Waals surface area contributed by atoms with Crippen LogP contribution in [0.5, 0.6) is 0 Å². The number of hydrogen-bond acceptors (Lipinski definition) is 4. The summed E-state index contributed by atoms with van der Waals surface area (Å²) in [5.41, 5.74) is 0.922. The van der Waals surface area contributed by atoms with Crippen molar-refractivity contribution < 1.29 is 0 Å². The fourth-order valence-corrected chi connectivity index (χ4v) is 1.96. The van der Waals surface area contributed by atoms with Gasteiger partial charge in [0.15, 0.2) is 5.65 Å². The van der Waals surface area contributed by atoms with E-state index in [-0.39, 0.29) is 10.7 Å². The molecular formula is C11H7N4OS-. The molecule has 0 aliphatic carbocycles. The van der Waals surface area contributed by atoms with Crippen molar-refractivity contribution in [2.24, 2.45) is 0 Å². The third-order valence-electron chi connectivity index (χ3n) is 2.47. The van der Waals surface area contributed by atoms with E-state index in [4.69, 9.17) is 12.6 Å². The number of H-pyrrole nitrogens is 1. The maximum atomic E-state index is 12.2. The van der Waals surface area contributed by atoms with Crippen molar-refractivity contribution in [2.45, 2.75) is 5.16 Å². The van der Waals surface area contributed by atoms with E-state index >= 15 is 0 Å². The molecule has 84 valence electrons. The van der Waals surface area contributed by atoms with Crippen molar-refractivity contribution in [1.82, 2.24) is 19.7 Å². The zero-order valence-corrected chi connectivity index (χ0v) is 9.44. The van der Waals surface area contributed by atoms with Crippen LogP contribution in [0.3, 0.4) is 0 Å². The Hall–Kier alpha value is -2.21. The van der Waals surface area contributed by atoms with Crippen LogP contribution >= 0.6 is 0 Å². The van der Waals surface area contributed by atoms with Gasteiger partial charge in [0.2, 0.25) is 0 Å². The molecule has 2 heterocycles. The van der Waals surface area contributed by atoms with Crippen molar-refractivity contribution in [3.05, 3.63) is 46.9 Å². The van der Waals surface area contributed by atoms with Crippen LogP contribution in [0.2, 0.25) is 0 Å². The molecule has 1 aromatic carbocycles. The molecule has 0 aliphatic rings. The molecule has 0 amide bonds. The SMILES string of the molecule is O=c1c2cn[nH]c2nc([S-])n1-c1ccccc1.